The van der Waals surface area contributed by atoms with Gasteiger partial charge in [-0.05, 0) is 75.8 Å². The van der Waals surface area contributed by atoms with Crippen LogP contribution in [0, 0.1) is 10.8 Å². The lowest BCUT2D eigenvalue weighted by atomic mass is 9.86. The molecule has 0 spiro atoms. The quantitative estimate of drug-likeness (QED) is 0.0211. The molecule has 25 nitrogen and oxygen atoms in total. The molecular weight excluding hydrogens is 1150 g/mol. The van der Waals surface area contributed by atoms with Crippen molar-refractivity contribution in [3.05, 3.63) is 85.2 Å². The van der Waals surface area contributed by atoms with E-state index in [-0.39, 0.29) is 141 Å². The maximum Gasteiger partial charge on any atom is 0.408 e. The van der Waals surface area contributed by atoms with Crippen molar-refractivity contribution in [1.29, 1.82) is 0 Å². The molecular formula is C64H99N11O14. The highest BCUT2D eigenvalue weighted by Crippen LogP contribution is 2.25. The number of nitrogens with one attached hydrogen (secondary N) is 7. The SMILES string of the molecule is C=CCCCn1nc(C(=O)N[C@H](C(=O)NCCOCCOCCOCCNC(=O)CC[C@H](NC(=O)OC(C)(C)C)C(=O)NCCOCCOCCOCCNC(=O)[C@@H](NC(=O)c2nn(CCCC=C)c3ccccc23)C(C)(C)C)C(C)(C)C)c2ccccc21. The van der Waals surface area contributed by atoms with Crippen molar-refractivity contribution in [2.45, 2.75) is 138 Å². The number of ether oxygens (including phenoxy) is 7. The minimum absolute atomic E-state index is 0.0000110. The lowest BCUT2D eigenvalue weighted by molar-refractivity contribution is -0.126. The number of unbranched alkanes of at least 4 members (excludes halogenated alkanes) is 2. The minimum Gasteiger partial charge on any atom is -0.444 e. The van der Waals surface area contributed by atoms with E-state index in [0.29, 0.717) is 30.5 Å². The smallest absolute Gasteiger partial charge is 0.408 e. The fourth-order valence-electron chi connectivity index (χ4n) is 8.95. The third-order valence-electron chi connectivity index (χ3n) is 13.5. The Morgan fingerprint density at radius 1 is 0.494 bits per heavy atom. The Morgan fingerprint density at radius 3 is 1.22 bits per heavy atom. The minimum atomic E-state index is -1.06. The monoisotopic (exact) mass is 1250 g/mol. The van der Waals surface area contributed by atoms with Crippen molar-refractivity contribution >= 4 is 63.3 Å². The Bertz CT molecular complexity index is 2870. The average Bonchev–Trinajstić information content (AvgIpc) is 1.82. The van der Waals surface area contributed by atoms with Crippen molar-refractivity contribution in [1.82, 2.24) is 56.8 Å². The number of hydrogen-bond acceptors (Lipinski definition) is 16. The van der Waals surface area contributed by atoms with Crippen LogP contribution in [-0.4, -0.2) is 190 Å². The Hall–Kier alpha value is -7.29. The summed E-state index contributed by atoms with van der Waals surface area (Å²) in [5.74, 6) is -2.39. The number of carbonyl (C=O) groups excluding carboxylic acids is 7. The highest BCUT2D eigenvalue weighted by molar-refractivity contribution is 6.07. The highest BCUT2D eigenvalue weighted by Gasteiger charge is 2.36. The van der Waals surface area contributed by atoms with Crippen molar-refractivity contribution in [3.8, 4) is 0 Å². The maximum absolute atomic E-state index is 13.6. The van der Waals surface area contributed by atoms with Gasteiger partial charge in [0.15, 0.2) is 11.4 Å². The summed E-state index contributed by atoms with van der Waals surface area (Å²) in [6.07, 6.45) is 6.14. The first-order valence-electron chi connectivity index (χ1n) is 30.8. The summed E-state index contributed by atoms with van der Waals surface area (Å²) in [5, 5.41) is 30.2. The molecule has 0 bridgehead atoms. The zero-order valence-corrected chi connectivity index (χ0v) is 53.9. The summed E-state index contributed by atoms with van der Waals surface area (Å²) in [4.78, 5) is 92.3. The van der Waals surface area contributed by atoms with Gasteiger partial charge in [0.05, 0.1) is 90.3 Å². The Morgan fingerprint density at radius 2 is 0.854 bits per heavy atom. The fraction of sp³-hybridized carbons (Fsp3) is 0.609. The maximum atomic E-state index is 13.6. The number of carbonyl (C=O) groups is 7. The number of rotatable bonds is 43. The molecule has 0 saturated heterocycles. The van der Waals surface area contributed by atoms with Crippen LogP contribution in [0.5, 0.6) is 0 Å². The zero-order valence-electron chi connectivity index (χ0n) is 53.9. The van der Waals surface area contributed by atoms with Gasteiger partial charge in [-0.15, -0.1) is 13.2 Å². The van der Waals surface area contributed by atoms with E-state index in [0.717, 1.165) is 36.7 Å². The molecule has 7 amide bonds. The molecule has 2 aromatic heterocycles. The first-order chi connectivity index (χ1) is 42.4. The summed E-state index contributed by atoms with van der Waals surface area (Å²) in [7, 11) is 0. The van der Waals surface area contributed by atoms with Gasteiger partial charge in [0.25, 0.3) is 11.8 Å². The van der Waals surface area contributed by atoms with Crippen molar-refractivity contribution < 1.29 is 66.7 Å². The first kappa shape index (κ1) is 74.2. The van der Waals surface area contributed by atoms with Gasteiger partial charge in [0.1, 0.15) is 23.7 Å². The third-order valence-corrected chi connectivity index (χ3v) is 13.5. The van der Waals surface area contributed by atoms with Gasteiger partial charge < -0.3 is 70.4 Å². The van der Waals surface area contributed by atoms with E-state index < -0.39 is 58.4 Å². The molecule has 0 aliphatic carbocycles. The van der Waals surface area contributed by atoms with Crippen LogP contribution in [0.15, 0.2) is 73.8 Å². The summed E-state index contributed by atoms with van der Waals surface area (Å²) in [5.41, 5.74) is 0.215. The number of para-hydroxylation sites is 2. The molecule has 0 radical (unpaired) electrons. The first-order valence-corrected chi connectivity index (χ1v) is 30.8. The van der Waals surface area contributed by atoms with Gasteiger partial charge in [0.2, 0.25) is 23.6 Å². The van der Waals surface area contributed by atoms with Crippen molar-refractivity contribution in [2.24, 2.45) is 10.8 Å². The van der Waals surface area contributed by atoms with E-state index in [4.69, 9.17) is 33.2 Å². The molecule has 0 fully saturated rings. The normalized spacial score (nSPS) is 12.8. The van der Waals surface area contributed by atoms with Crippen molar-refractivity contribution in [3.63, 3.8) is 0 Å². The highest BCUT2D eigenvalue weighted by atomic mass is 16.6. The largest absolute Gasteiger partial charge is 0.444 e. The van der Waals surface area contributed by atoms with Gasteiger partial charge in [-0.2, -0.15) is 10.2 Å². The Kier molecular flexibility index (Phi) is 32.5. The van der Waals surface area contributed by atoms with Gasteiger partial charge in [-0.3, -0.25) is 38.1 Å². The lowest BCUT2D eigenvalue weighted by Gasteiger charge is -2.30. The number of amides is 7. The van der Waals surface area contributed by atoms with Gasteiger partial charge in [-0.25, -0.2) is 4.79 Å². The third kappa shape index (κ3) is 27.6. The molecule has 0 unspecified atom stereocenters. The molecule has 2 aromatic carbocycles. The fourth-order valence-corrected chi connectivity index (χ4v) is 8.95. The van der Waals surface area contributed by atoms with Crippen LogP contribution in [0.1, 0.15) is 122 Å². The van der Waals surface area contributed by atoms with Crippen LogP contribution >= 0.6 is 0 Å². The summed E-state index contributed by atoms with van der Waals surface area (Å²) in [6, 6.07) is 12.3. The van der Waals surface area contributed by atoms with Crippen LogP contribution in [0.25, 0.3) is 21.8 Å². The standard InChI is InChI=1S/C64H99N11O14/c1-12-14-20-32-74-49-24-18-16-22-46(49)52(72-74)57(78)70-54(62(3,4)5)59(80)67-30-36-85-40-44-87-42-38-83-34-28-65-51(76)27-26-48(69-61(82)89-64(9,10)11)56(77)66-29-35-84-39-43-88-45-41-86-37-31-68-60(81)55(63(6,7)8)71-58(79)53-47-23-17-19-25-50(47)75(73-53)33-21-15-13-2/h12-13,16-19,22-25,48,54-55H,1-2,14-15,20-21,26-45H2,3-11H3,(H,65,76)(H,66,77)(H,67,80)(H,68,81)(H,69,82)(H,70,78)(H,71,79)/t48-,54+,55+/m0/s1. The molecule has 2 heterocycles. The predicted octanol–water partition coefficient (Wildman–Crippen LogP) is 5.55. The number of hydrogen-bond donors (Lipinski definition) is 7. The molecule has 494 valence electrons. The van der Waals surface area contributed by atoms with Crippen LogP contribution in [0.2, 0.25) is 0 Å². The van der Waals surface area contributed by atoms with E-state index in [1.54, 1.807) is 20.8 Å². The summed E-state index contributed by atoms with van der Waals surface area (Å²) >= 11 is 0. The second-order valence-corrected chi connectivity index (χ2v) is 24.2. The molecule has 4 rings (SSSR count). The number of benzene rings is 2. The number of aryl methyl sites for hydroxylation is 2. The van der Waals surface area contributed by atoms with Crippen LogP contribution in [0.4, 0.5) is 4.79 Å². The van der Waals surface area contributed by atoms with Gasteiger partial charge in [0, 0.05) is 56.5 Å². The Balaban J connectivity index is 1.02. The summed E-state index contributed by atoms with van der Waals surface area (Å²) in [6.45, 7) is 29.0. The van der Waals surface area contributed by atoms with E-state index in [1.165, 1.54) is 0 Å². The number of alkyl carbamates (subject to hydrolysis) is 1. The van der Waals surface area contributed by atoms with E-state index >= 15 is 0 Å². The number of fused-ring (bicyclic) bond motifs is 2. The van der Waals surface area contributed by atoms with Crippen LogP contribution in [-0.2, 0) is 65.4 Å². The summed E-state index contributed by atoms with van der Waals surface area (Å²) < 4.78 is 42.6. The van der Waals surface area contributed by atoms with Crippen LogP contribution in [0.3, 0.4) is 0 Å². The molecule has 89 heavy (non-hydrogen) atoms. The van der Waals surface area contributed by atoms with E-state index in [1.807, 2.05) is 112 Å². The van der Waals surface area contributed by atoms with Crippen LogP contribution < -0.4 is 37.2 Å². The topological polar surface area (TPSA) is 304 Å². The molecule has 3 atom stereocenters. The number of nitrogens with zero attached hydrogens (tertiary/aromatic N) is 4. The zero-order chi connectivity index (χ0) is 65.2. The molecule has 0 aliphatic rings. The van der Waals surface area contributed by atoms with E-state index in [2.05, 4.69) is 60.6 Å². The lowest BCUT2D eigenvalue weighted by Crippen LogP contribution is -2.54. The Labute approximate surface area is 524 Å². The second kappa shape index (κ2) is 39.0. The van der Waals surface area contributed by atoms with Crippen molar-refractivity contribution in [2.75, 3.05) is 105 Å². The van der Waals surface area contributed by atoms with E-state index in [9.17, 15) is 33.6 Å². The molecule has 7 N–H and O–H groups in total. The predicted molar refractivity (Wildman–Crippen MR) is 339 cm³/mol. The molecule has 0 saturated carbocycles. The van der Waals surface area contributed by atoms with Gasteiger partial charge in [-0.1, -0.05) is 90.1 Å². The molecule has 4 aromatic rings. The number of allylic oxidation sites excluding steroid dienone is 2. The van der Waals surface area contributed by atoms with Gasteiger partial charge >= 0.3 is 6.09 Å². The molecule has 25 heteroatoms. The molecule has 0 aliphatic heterocycles. The average molecular weight is 1250 g/mol. The second-order valence-electron chi connectivity index (χ2n) is 24.2. The number of aromatic nitrogens is 4.